The van der Waals surface area contributed by atoms with Gasteiger partial charge in [-0.3, -0.25) is 4.79 Å². The quantitative estimate of drug-likeness (QED) is 0.892. The molecule has 0 bridgehead atoms. The summed E-state index contributed by atoms with van der Waals surface area (Å²) in [6.07, 6.45) is 5.02. The standard InChI is InChI=1S/C17H25N3O/c1-13-4-6-14(7-5-13)19-17(21)12-18-15-8-10-20-9-2-3-16(20)11-15/h4-7,15-16,18H,2-3,8-12H2,1H3,(H,19,21). The molecule has 2 N–H and O–H groups in total. The van der Waals surface area contributed by atoms with Crippen molar-refractivity contribution < 1.29 is 4.79 Å². The summed E-state index contributed by atoms with van der Waals surface area (Å²) in [5, 5.41) is 6.37. The van der Waals surface area contributed by atoms with Crippen LogP contribution >= 0.6 is 0 Å². The van der Waals surface area contributed by atoms with Crippen molar-refractivity contribution in [1.29, 1.82) is 0 Å². The van der Waals surface area contributed by atoms with Gasteiger partial charge in [0.2, 0.25) is 5.91 Å². The van der Waals surface area contributed by atoms with Crippen molar-refractivity contribution in [1.82, 2.24) is 10.2 Å². The maximum Gasteiger partial charge on any atom is 0.238 e. The normalized spacial score (nSPS) is 25.6. The van der Waals surface area contributed by atoms with Gasteiger partial charge in [-0.1, -0.05) is 17.7 Å². The number of fused-ring (bicyclic) bond motifs is 1. The van der Waals surface area contributed by atoms with Crippen LogP contribution < -0.4 is 10.6 Å². The van der Waals surface area contributed by atoms with E-state index in [0.29, 0.717) is 12.6 Å². The Morgan fingerprint density at radius 1 is 1.24 bits per heavy atom. The minimum absolute atomic E-state index is 0.0488. The largest absolute Gasteiger partial charge is 0.325 e. The lowest BCUT2D eigenvalue weighted by Crippen LogP contribution is -2.47. The topological polar surface area (TPSA) is 44.4 Å². The number of hydrogen-bond donors (Lipinski definition) is 2. The molecule has 21 heavy (non-hydrogen) atoms. The zero-order valence-electron chi connectivity index (χ0n) is 12.8. The molecule has 2 atom stereocenters. The van der Waals surface area contributed by atoms with E-state index in [1.807, 2.05) is 31.2 Å². The van der Waals surface area contributed by atoms with Crippen LogP contribution in [0.4, 0.5) is 5.69 Å². The van der Waals surface area contributed by atoms with Crippen molar-refractivity contribution in [2.24, 2.45) is 0 Å². The number of carbonyl (C=O) groups excluding carboxylic acids is 1. The Morgan fingerprint density at radius 2 is 2.05 bits per heavy atom. The summed E-state index contributed by atoms with van der Waals surface area (Å²) in [7, 11) is 0. The number of amides is 1. The summed E-state index contributed by atoms with van der Waals surface area (Å²) in [4.78, 5) is 14.6. The van der Waals surface area contributed by atoms with Gasteiger partial charge in [-0.25, -0.2) is 0 Å². The maximum atomic E-state index is 12.0. The first kappa shape index (κ1) is 14.5. The Labute approximate surface area is 126 Å². The third kappa shape index (κ3) is 3.83. The number of hydrogen-bond acceptors (Lipinski definition) is 3. The highest BCUT2D eigenvalue weighted by atomic mass is 16.1. The van der Waals surface area contributed by atoms with Gasteiger partial charge in [-0.2, -0.15) is 0 Å². The number of nitrogens with zero attached hydrogens (tertiary/aromatic N) is 1. The van der Waals surface area contributed by atoms with Gasteiger partial charge in [0, 0.05) is 17.8 Å². The van der Waals surface area contributed by atoms with Gasteiger partial charge >= 0.3 is 0 Å². The van der Waals surface area contributed by atoms with Crippen LogP contribution in [0.25, 0.3) is 0 Å². The van der Waals surface area contributed by atoms with E-state index in [-0.39, 0.29) is 5.91 Å². The Morgan fingerprint density at radius 3 is 2.86 bits per heavy atom. The predicted octanol–water partition coefficient (Wildman–Crippen LogP) is 2.15. The van der Waals surface area contributed by atoms with E-state index in [2.05, 4.69) is 15.5 Å². The molecule has 0 spiro atoms. The first-order valence-corrected chi connectivity index (χ1v) is 8.04. The average molecular weight is 287 g/mol. The molecule has 3 rings (SSSR count). The maximum absolute atomic E-state index is 12.0. The number of anilines is 1. The molecular weight excluding hydrogens is 262 g/mol. The summed E-state index contributed by atoms with van der Waals surface area (Å²) in [5.74, 6) is 0.0488. The number of piperidine rings is 1. The second kappa shape index (κ2) is 6.58. The van der Waals surface area contributed by atoms with E-state index in [9.17, 15) is 4.79 Å². The number of aryl methyl sites for hydroxylation is 1. The molecule has 2 unspecified atom stereocenters. The Bertz CT molecular complexity index is 485. The van der Waals surface area contributed by atoms with Crippen LogP contribution in [-0.4, -0.2) is 42.5 Å². The molecular formula is C17H25N3O. The molecule has 114 valence electrons. The summed E-state index contributed by atoms with van der Waals surface area (Å²) in [5.41, 5.74) is 2.08. The van der Waals surface area contributed by atoms with Crippen LogP contribution in [0.2, 0.25) is 0 Å². The van der Waals surface area contributed by atoms with E-state index in [1.54, 1.807) is 0 Å². The Balaban J connectivity index is 1.42. The van der Waals surface area contributed by atoms with Gasteiger partial charge in [0.15, 0.2) is 0 Å². The minimum Gasteiger partial charge on any atom is -0.325 e. The molecule has 1 aromatic carbocycles. The van der Waals surface area contributed by atoms with E-state index in [0.717, 1.165) is 18.2 Å². The lowest BCUT2D eigenvalue weighted by atomic mass is 9.97. The highest BCUT2D eigenvalue weighted by Crippen LogP contribution is 2.26. The average Bonchev–Trinajstić information content (AvgIpc) is 2.95. The molecule has 2 saturated heterocycles. The van der Waals surface area contributed by atoms with Crippen molar-refractivity contribution in [2.45, 2.75) is 44.7 Å². The summed E-state index contributed by atoms with van der Waals surface area (Å²) >= 11 is 0. The second-order valence-electron chi connectivity index (χ2n) is 6.35. The van der Waals surface area contributed by atoms with Crippen molar-refractivity contribution in [3.05, 3.63) is 29.8 Å². The third-order valence-electron chi connectivity index (χ3n) is 4.71. The molecule has 0 aromatic heterocycles. The molecule has 4 heteroatoms. The highest BCUT2D eigenvalue weighted by molar-refractivity contribution is 5.92. The number of benzene rings is 1. The van der Waals surface area contributed by atoms with Crippen LogP contribution in [0.1, 0.15) is 31.2 Å². The third-order valence-corrected chi connectivity index (χ3v) is 4.71. The van der Waals surface area contributed by atoms with E-state index >= 15 is 0 Å². The van der Waals surface area contributed by atoms with Crippen LogP contribution in [0.5, 0.6) is 0 Å². The monoisotopic (exact) mass is 287 g/mol. The van der Waals surface area contributed by atoms with E-state index in [4.69, 9.17) is 0 Å². The van der Waals surface area contributed by atoms with Crippen LogP contribution in [0, 0.1) is 6.92 Å². The smallest absolute Gasteiger partial charge is 0.238 e. The molecule has 2 fully saturated rings. The molecule has 2 heterocycles. The summed E-state index contributed by atoms with van der Waals surface area (Å²) < 4.78 is 0. The van der Waals surface area contributed by atoms with Crippen LogP contribution in [-0.2, 0) is 4.79 Å². The lowest BCUT2D eigenvalue weighted by Gasteiger charge is -2.35. The first-order valence-electron chi connectivity index (χ1n) is 8.04. The fraction of sp³-hybridized carbons (Fsp3) is 0.588. The number of carbonyl (C=O) groups is 1. The van der Waals surface area contributed by atoms with Crippen LogP contribution in [0.15, 0.2) is 24.3 Å². The van der Waals surface area contributed by atoms with Crippen molar-refractivity contribution >= 4 is 11.6 Å². The molecule has 2 aliphatic heterocycles. The predicted molar refractivity (Wildman–Crippen MR) is 85.4 cm³/mol. The van der Waals surface area contributed by atoms with Crippen LogP contribution in [0.3, 0.4) is 0 Å². The molecule has 4 nitrogen and oxygen atoms in total. The van der Waals surface area contributed by atoms with Gasteiger partial charge < -0.3 is 15.5 Å². The zero-order valence-corrected chi connectivity index (χ0v) is 12.8. The Hall–Kier alpha value is -1.39. The SMILES string of the molecule is Cc1ccc(NC(=O)CNC2CCN3CCCC3C2)cc1. The number of rotatable bonds is 4. The second-order valence-corrected chi connectivity index (χ2v) is 6.35. The molecule has 0 aliphatic carbocycles. The lowest BCUT2D eigenvalue weighted by molar-refractivity contribution is -0.115. The fourth-order valence-corrected chi connectivity index (χ4v) is 3.49. The minimum atomic E-state index is 0.0488. The van der Waals surface area contributed by atoms with Crippen molar-refractivity contribution in [3.8, 4) is 0 Å². The molecule has 1 aromatic rings. The van der Waals surface area contributed by atoms with Gasteiger partial charge in [0.05, 0.1) is 6.54 Å². The highest BCUT2D eigenvalue weighted by Gasteiger charge is 2.31. The van der Waals surface area contributed by atoms with Crippen molar-refractivity contribution in [3.63, 3.8) is 0 Å². The molecule has 2 aliphatic rings. The van der Waals surface area contributed by atoms with Gasteiger partial charge in [-0.05, 0) is 57.8 Å². The van der Waals surface area contributed by atoms with Crippen molar-refractivity contribution in [2.75, 3.05) is 25.0 Å². The van der Waals surface area contributed by atoms with Gasteiger partial charge in [0.25, 0.3) is 0 Å². The summed E-state index contributed by atoms with van der Waals surface area (Å²) in [6, 6.07) is 9.16. The Kier molecular flexibility index (Phi) is 4.56. The van der Waals surface area contributed by atoms with E-state index in [1.165, 1.54) is 37.9 Å². The van der Waals surface area contributed by atoms with Gasteiger partial charge in [0.1, 0.15) is 0 Å². The fourth-order valence-electron chi connectivity index (χ4n) is 3.49. The molecule has 0 radical (unpaired) electrons. The number of nitrogens with one attached hydrogen (secondary N) is 2. The molecule has 0 saturated carbocycles. The molecule has 1 amide bonds. The van der Waals surface area contributed by atoms with E-state index < -0.39 is 0 Å². The van der Waals surface area contributed by atoms with Gasteiger partial charge in [-0.15, -0.1) is 0 Å². The zero-order chi connectivity index (χ0) is 14.7. The first-order chi connectivity index (χ1) is 10.2. The summed E-state index contributed by atoms with van der Waals surface area (Å²) in [6.45, 7) is 4.90.